The number of esters is 1. The maximum absolute atomic E-state index is 12.4. The SMILES string of the molecule is C[C@@H](NC(=O)OC(C)(C)C)C(=O)OC1CCN(c2nccc(-c3ccc4ccccc4c3)n2)CC1. The van der Waals surface area contributed by atoms with Crippen molar-refractivity contribution in [1.82, 2.24) is 15.3 Å². The zero-order valence-corrected chi connectivity index (χ0v) is 20.7. The van der Waals surface area contributed by atoms with Crippen LogP contribution in [0.5, 0.6) is 0 Å². The lowest BCUT2D eigenvalue weighted by atomic mass is 10.1. The van der Waals surface area contributed by atoms with Gasteiger partial charge in [0.1, 0.15) is 17.7 Å². The number of anilines is 1. The fraction of sp³-hybridized carbons (Fsp3) is 0.407. The second-order valence-corrected chi connectivity index (χ2v) is 9.80. The molecule has 35 heavy (non-hydrogen) atoms. The third-order valence-corrected chi connectivity index (χ3v) is 5.78. The molecule has 1 amide bonds. The van der Waals surface area contributed by atoms with Crippen LogP contribution in [0.3, 0.4) is 0 Å². The van der Waals surface area contributed by atoms with E-state index in [1.54, 1.807) is 33.9 Å². The van der Waals surface area contributed by atoms with Gasteiger partial charge in [-0.25, -0.2) is 19.6 Å². The maximum Gasteiger partial charge on any atom is 0.408 e. The number of amides is 1. The molecular weight excluding hydrogens is 444 g/mol. The Morgan fingerprint density at radius 3 is 2.49 bits per heavy atom. The predicted octanol–water partition coefficient (Wildman–Crippen LogP) is 4.72. The molecule has 0 saturated carbocycles. The van der Waals surface area contributed by atoms with Gasteiger partial charge in [0.2, 0.25) is 5.95 Å². The summed E-state index contributed by atoms with van der Waals surface area (Å²) < 4.78 is 10.8. The minimum Gasteiger partial charge on any atom is -0.461 e. The monoisotopic (exact) mass is 476 g/mol. The van der Waals surface area contributed by atoms with E-state index in [-0.39, 0.29) is 6.10 Å². The highest BCUT2D eigenvalue weighted by Gasteiger charge is 2.27. The largest absolute Gasteiger partial charge is 0.461 e. The van der Waals surface area contributed by atoms with Gasteiger partial charge in [0.05, 0.1) is 5.69 Å². The summed E-state index contributed by atoms with van der Waals surface area (Å²) >= 11 is 0. The van der Waals surface area contributed by atoms with E-state index in [9.17, 15) is 9.59 Å². The number of piperidine rings is 1. The summed E-state index contributed by atoms with van der Waals surface area (Å²) in [7, 11) is 0. The fourth-order valence-electron chi connectivity index (χ4n) is 3.99. The Labute approximate surface area is 205 Å². The van der Waals surface area contributed by atoms with E-state index in [0.717, 1.165) is 11.3 Å². The molecule has 2 aromatic carbocycles. The minimum absolute atomic E-state index is 0.217. The van der Waals surface area contributed by atoms with Crippen LogP contribution in [0.2, 0.25) is 0 Å². The van der Waals surface area contributed by atoms with E-state index in [4.69, 9.17) is 14.5 Å². The fourth-order valence-corrected chi connectivity index (χ4v) is 3.99. The van der Waals surface area contributed by atoms with Gasteiger partial charge in [-0.1, -0.05) is 36.4 Å². The van der Waals surface area contributed by atoms with Crippen molar-refractivity contribution in [3.63, 3.8) is 0 Å². The third-order valence-electron chi connectivity index (χ3n) is 5.78. The molecule has 0 aliphatic carbocycles. The molecule has 1 aromatic heterocycles. The molecule has 1 saturated heterocycles. The molecule has 3 aromatic rings. The molecule has 0 spiro atoms. The van der Waals surface area contributed by atoms with E-state index in [0.29, 0.717) is 31.9 Å². The number of benzene rings is 2. The minimum atomic E-state index is -0.787. The molecule has 1 aliphatic heterocycles. The first-order chi connectivity index (χ1) is 16.7. The number of rotatable bonds is 5. The van der Waals surface area contributed by atoms with Crippen molar-refractivity contribution < 1.29 is 19.1 Å². The van der Waals surface area contributed by atoms with Crippen LogP contribution in [0, 0.1) is 0 Å². The lowest BCUT2D eigenvalue weighted by molar-refractivity contribution is -0.152. The number of nitrogens with one attached hydrogen (secondary N) is 1. The lowest BCUT2D eigenvalue weighted by Gasteiger charge is -2.32. The summed E-state index contributed by atoms with van der Waals surface area (Å²) in [5.41, 5.74) is 1.28. The molecule has 0 unspecified atom stereocenters. The van der Waals surface area contributed by atoms with Gasteiger partial charge in [-0.2, -0.15) is 0 Å². The first kappa shape index (κ1) is 24.4. The van der Waals surface area contributed by atoms with Gasteiger partial charge in [-0.05, 0) is 50.6 Å². The Morgan fingerprint density at radius 1 is 1.06 bits per heavy atom. The normalized spacial score (nSPS) is 15.5. The van der Waals surface area contributed by atoms with Crippen LogP contribution in [0.25, 0.3) is 22.0 Å². The number of hydrogen-bond donors (Lipinski definition) is 1. The Balaban J connectivity index is 1.32. The predicted molar refractivity (Wildman–Crippen MR) is 135 cm³/mol. The van der Waals surface area contributed by atoms with E-state index in [1.807, 2.05) is 18.2 Å². The number of ether oxygens (including phenoxy) is 2. The molecule has 8 nitrogen and oxygen atoms in total. The Hall–Kier alpha value is -3.68. The summed E-state index contributed by atoms with van der Waals surface area (Å²) in [6, 6.07) is 15.7. The highest BCUT2D eigenvalue weighted by Crippen LogP contribution is 2.25. The van der Waals surface area contributed by atoms with Gasteiger partial charge in [0, 0.05) is 37.7 Å². The van der Waals surface area contributed by atoms with E-state index in [2.05, 4.69) is 45.5 Å². The molecule has 1 aliphatic rings. The molecule has 1 N–H and O–H groups in total. The van der Waals surface area contributed by atoms with Crippen molar-refractivity contribution in [3.8, 4) is 11.3 Å². The highest BCUT2D eigenvalue weighted by atomic mass is 16.6. The van der Waals surface area contributed by atoms with Crippen molar-refractivity contribution in [2.75, 3.05) is 18.0 Å². The number of aromatic nitrogens is 2. The van der Waals surface area contributed by atoms with Crippen molar-refractivity contribution >= 4 is 28.8 Å². The summed E-state index contributed by atoms with van der Waals surface area (Å²) in [6.45, 7) is 8.24. The summed E-state index contributed by atoms with van der Waals surface area (Å²) in [4.78, 5) is 35.7. The molecule has 0 bridgehead atoms. The highest BCUT2D eigenvalue weighted by molar-refractivity contribution is 5.86. The molecule has 4 rings (SSSR count). The lowest BCUT2D eigenvalue weighted by Crippen LogP contribution is -2.45. The van der Waals surface area contributed by atoms with Gasteiger partial charge in [0.25, 0.3) is 0 Å². The van der Waals surface area contributed by atoms with Gasteiger partial charge >= 0.3 is 12.1 Å². The van der Waals surface area contributed by atoms with Crippen LogP contribution < -0.4 is 10.2 Å². The zero-order chi connectivity index (χ0) is 25.0. The second kappa shape index (κ2) is 10.3. The Morgan fingerprint density at radius 2 is 1.77 bits per heavy atom. The number of hydrogen-bond acceptors (Lipinski definition) is 7. The van der Waals surface area contributed by atoms with Crippen LogP contribution >= 0.6 is 0 Å². The summed E-state index contributed by atoms with van der Waals surface area (Å²) in [6.07, 6.45) is 2.25. The molecule has 8 heteroatoms. The van der Waals surface area contributed by atoms with Crippen molar-refractivity contribution in [1.29, 1.82) is 0 Å². The number of fused-ring (bicyclic) bond motifs is 1. The molecule has 0 radical (unpaired) electrons. The van der Waals surface area contributed by atoms with Gasteiger partial charge in [0.15, 0.2) is 0 Å². The topological polar surface area (TPSA) is 93.6 Å². The van der Waals surface area contributed by atoms with E-state index in [1.165, 1.54) is 10.8 Å². The summed E-state index contributed by atoms with van der Waals surface area (Å²) in [5.74, 6) is 0.198. The smallest absolute Gasteiger partial charge is 0.408 e. The van der Waals surface area contributed by atoms with Crippen LogP contribution in [-0.4, -0.2) is 52.9 Å². The Bertz CT molecular complexity index is 1200. The molecule has 184 valence electrons. The van der Waals surface area contributed by atoms with Crippen molar-refractivity contribution in [2.45, 2.75) is 58.3 Å². The van der Waals surface area contributed by atoms with Crippen LogP contribution in [-0.2, 0) is 14.3 Å². The average molecular weight is 477 g/mol. The molecule has 2 heterocycles. The van der Waals surface area contributed by atoms with E-state index < -0.39 is 23.7 Å². The second-order valence-electron chi connectivity index (χ2n) is 9.80. The number of nitrogens with zero attached hydrogens (tertiary/aromatic N) is 3. The quantitative estimate of drug-likeness (QED) is 0.533. The summed E-state index contributed by atoms with van der Waals surface area (Å²) in [5, 5.41) is 4.89. The van der Waals surface area contributed by atoms with E-state index >= 15 is 0 Å². The van der Waals surface area contributed by atoms with Gasteiger partial charge < -0.3 is 19.7 Å². The molecular formula is C27H32N4O4. The first-order valence-corrected chi connectivity index (χ1v) is 11.9. The number of carbonyl (C=O) groups excluding carboxylic acids is 2. The van der Waals surface area contributed by atoms with Crippen LogP contribution in [0.1, 0.15) is 40.5 Å². The number of carbonyl (C=O) groups is 2. The van der Waals surface area contributed by atoms with Crippen molar-refractivity contribution in [3.05, 3.63) is 54.7 Å². The Kier molecular flexibility index (Phi) is 7.19. The maximum atomic E-state index is 12.4. The zero-order valence-electron chi connectivity index (χ0n) is 20.7. The van der Waals surface area contributed by atoms with Crippen LogP contribution in [0.15, 0.2) is 54.7 Å². The van der Waals surface area contributed by atoms with Crippen LogP contribution in [0.4, 0.5) is 10.7 Å². The standard InChI is InChI=1S/C27H32N4O4/c1-18(29-26(33)35-27(2,3)4)24(32)34-22-12-15-31(16-13-22)25-28-14-11-23(30-25)21-10-9-19-7-5-6-8-20(19)17-21/h5-11,14,17-18,22H,12-13,15-16H2,1-4H3,(H,29,33)/t18-/m1/s1. The van der Waals surface area contributed by atoms with Crippen molar-refractivity contribution in [2.24, 2.45) is 0 Å². The molecule has 1 fully saturated rings. The average Bonchev–Trinajstić information content (AvgIpc) is 2.83. The third kappa shape index (κ3) is 6.47. The number of alkyl carbamates (subject to hydrolysis) is 1. The first-order valence-electron chi connectivity index (χ1n) is 11.9. The van der Waals surface area contributed by atoms with Gasteiger partial charge in [-0.15, -0.1) is 0 Å². The molecule has 1 atom stereocenters. The van der Waals surface area contributed by atoms with Gasteiger partial charge in [-0.3, -0.25) is 0 Å².